The van der Waals surface area contributed by atoms with Crippen LogP contribution in [0.1, 0.15) is 12.1 Å². The number of aromatic nitrogens is 5. The third-order valence-corrected chi connectivity index (χ3v) is 4.64. The molecule has 8 heteroatoms. The van der Waals surface area contributed by atoms with E-state index < -0.39 is 0 Å². The maximum atomic E-state index is 6.07. The Labute approximate surface area is 146 Å². The summed E-state index contributed by atoms with van der Waals surface area (Å²) in [5.41, 5.74) is 7.86. The van der Waals surface area contributed by atoms with Gasteiger partial charge in [-0.05, 0) is 31.4 Å². The van der Waals surface area contributed by atoms with Gasteiger partial charge in [0.1, 0.15) is 11.6 Å². The Balaban J connectivity index is 1.44. The number of nitrogens with one attached hydrogen (secondary N) is 1. The van der Waals surface area contributed by atoms with Crippen molar-refractivity contribution >= 4 is 28.6 Å². The minimum absolute atomic E-state index is 0.485. The number of aryl methyl sites for hydroxylation is 2. The van der Waals surface area contributed by atoms with E-state index in [0.29, 0.717) is 17.7 Å². The van der Waals surface area contributed by atoms with E-state index in [1.807, 2.05) is 32.2 Å². The van der Waals surface area contributed by atoms with Crippen LogP contribution < -0.4 is 16.0 Å². The van der Waals surface area contributed by atoms with Gasteiger partial charge in [0.25, 0.3) is 0 Å². The van der Waals surface area contributed by atoms with Crippen molar-refractivity contribution in [2.24, 2.45) is 13.0 Å². The molecule has 4 heterocycles. The summed E-state index contributed by atoms with van der Waals surface area (Å²) in [5, 5.41) is 8.44. The van der Waals surface area contributed by atoms with Crippen molar-refractivity contribution < 1.29 is 0 Å². The van der Waals surface area contributed by atoms with E-state index in [4.69, 9.17) is 5.73 Å². The number of nitrogen functional groups attached to an aromatic ring is 1. The van der Waals surface area contributed by atoms with Crippen LogP contribution in [0.15, 0.2) is 24.4 Å². The summed E-state index contributed by atoms with van der Waals surface area (Å²) < 4.78 is 1.73. The quantitative estimate of drug-likeness (QED) is 0.745. The van der Waals surface area contributed by atoms with Crippen molar-refractivity contribution in [3.8, 4) is 0 Å². The molecule has 130 valence electrons. The largest absolute Gasteiger partial charge is 0.383 e. The van der Waals surface area contributed by atoms with E-state index in [0.717, 1.165) is 48.6 Å². The molecular formula is C17H22N8. The SMILES string of the molecule is Cc1cccc(NCC2CCN(c3nc(N)c4cnn(C)c4n3)C2)n1. The monoisotopic (exact) mass is 338 g/mol. The molecule has 1 fully saturated rings. The lowest BCUT2D eigenvalue weighted by Crippen LogP contribution is -2.24. The van der Waals surface area contributed by atoms with Crippen LogP contribution >= 0.6 is 0 Å². The fraction of sp³-hybridized carbons (Fsp3) is 0.412. The van der Waals surface area contributed by atoms with Gasteiger partial charge in [0.15, 0.2) is 5.65 Å². The van der Waals surface area contributed by atoms with Gasteiger partial charge in [0.05, 0.1) is 11.6 Å². The predicted octanol–water partition coefficient (Wildman–Crippen LogP) is 1.59. The van der Waals surface area contributed by atoms with Crippen molar-refractivity contribution in [1.29, 1.82) is 0 Å². The van der Waals surface area contributed by atoms with Crippen LogP contribution in [0.3, 0.4) is 0 Å². The molecule has 0 amide bonds. The van der Waals surface area contributed by atoms with Gasteiger partial charge in [0, 0.05) is 32.4 Å². The van der Waals surface area contributed by atoms with Gasteiger partial charge >= 0.3 is 0 Å². The second kappa shape index (κ2) is 6.19. The highest BCUT2D eigenvalue weighted by molar-refractivity contribution is 5.86. The molecule has 3 aromatic rings. The Bertz CT molecular complexity index is 903. The summed E-state index contributed by atoms with van der Waals surface area (Å²) >= 11 is 0. The van der Waals surface area contributed by atoms with E-state index >= 15 is 0 Å². The number of rotatable bonds is 4. The summed E-state index contributed by atoms with van der Waals surface area (Å²) in [7, 11) is 1.87. The first kappa shape index (κ1) is 15.6. The fourth-order valence-electron chi connectivity index (χ4n) is 3.24. The molecule has 0 radical (unpaired) electrons. The van der Waals surface area contributed by atoms with E-state index in [2.05, 4.69) is 30.3 Å². The second-order valence-electron chi connectivity index (χ2n) is 6.56. The highest BCUT2D eigenvalue weighted by atomic mass is 15.3. The van der Waals surface area contributed by atoms with Gasteiger partial charge in [-0.15, -0.1) is 0 Å². The first-order chi connectivity index (χ1) is 12.1. The fourth-order valence-corrected chi connectivity index (χ4v) is 3.24. The van der Waals surface area contributed by atoms with Crippen molar-refractivity contribution in [3.63, 3.8) is 0 Å². The van der Waals surface area contributed by atoms with E-state index in [1.165, 1.54) is 0 Å². The number of anilines is 3. The maximum Gasteiger partial charge on any atom is 0.229 e. The zero-order valence-corrected chi connectivity index (χ0v) is 14.5. The molecule has 1 saturated heterocycles. The average Bonchev–Trinajstić information content (AvgIpc) is 3.21. The Morgan fingerprint density at radius 2 is 2.16 bits per heavy atom. The van der Waals surface area contributed by atoms with Crippen molar-refractivity contribution in [2.45, 2.75) is 13.3 Å². The van der Waals surface area contributed by atoms with E-state index in [-0.39, 0.29) is 0 Å². The molecule has 1 atom stereocenters. The Morgan fingerprint density at radius 3 is 3.00 bits per heavy atom. The molecule has 1 unspecified atom stereocenters. The highest BCUT2D eigenvalue weighted by Gasteiger charge is 2.25. The smallest absolute Gasteiger partial charge is 0.229 e. The zero-order chi connectivity index (χ0) is 17.4. The lowest BCUT2D eigenvalue weighted by molar-refractivity contribution is 0.620. The van der Waals surface area contributed by atoms with Crippen LogP contribution in [0.25, 0.3) is 11.0 Å². The van der Waals surface area contributed by atoms with Crippen LogP contribution in [0.2, 0.25) is 0 Å². The summed E-state index contributed by atoms with van der Waals surface area (Å²) in [5.74, 6) is 2.62. The number of hydrogen-bond donors (Lipinski definition) is 2. The van der Waals surface area contributed by atoms with Gasteiger partial charge in [-0.2, -0.15) is 15.1 Å². The van der Waals surface area contributed by atoms with Crippen molar-refractivity contribution in [2.75, 3.05) is 35.6 Å². The number of pyridine rings is 1. The molecule has 1 aliphatic rings. The topological polar surface area (TPSA) is 97.8 Å². The summed E-state index contributed by atoms with van der Waals surface area (Å²) in [6, 6.07) is 6.02. The Kier molecular flexibility index (Phi) is 3.87. The van der Waals surface area contributed by atoms with Crippen LogP contribution in [-0.4, -0.2) is 44.4 Å². The molecule has 3 N–H and O–H groups in total. The van der Waals surface area contributed by atoms with Gasteiger partial charge in [-0.3, -0.25) is 4.68 Å². The molecule has 0 saturated carbocycles. The molecule has 8 nitrogen and oxygen atoms in total. The number of hydrogen-bond acceptors (Lipinski definition) is 7. The highest BCUT2D eigenvalue weighted by Crippen LogP contribution is 2.25. The molecule has 0 spiro atoms. The first-order valence-electron chi connectivity index (χ1n) is 8.48. The summed E-state index contributed by atoms with van der Waals surface area (Å²) in [6.07, 6.45) is 2.80. The van der Waals surface area contributed by atoms with Crippen LogP contribution in [0.4, 0.5) is 17.6 Å². The summed E-state index contributed by atoms with van der Waals surface area (Å²) in [6.45, 7) is 4.72. The Morgan fingerprint density at radius 1 is 1.28 bits per heavy atom. The van der Waals surface area contributed by atoms with Crippen molar-refractivity contribution in [3.05, 3.63) is 30.1 Å². The lowest BCUT2D eigenvalue weighted by atomic mass is 10.1. The zero-order valence-electron chi connectivity index (χ0n) is 14.5. The van der Waals surface area contributed by atoms with Gasteiger partial charge < -0.3 is 16.0 Å². The average molecular weight is 338 g/mol. The molecule has 0 aliphatic carbocycles. The number of nitrogens with two attached hydrogens (primary N) is 1. The number of fused-ring (bicyclic) bond motifs is 1. The molecular weight excluding hydrogens is 316 g/mol. The predicted molar refractivity (Wildman–Crippen MR) is 98.5 cm³/mol. The Hall–Kier alpha value is -2.90. The lowest BCUT2D eigenvalue weighted by Gasteiger charge is -2.17. The molecule has 25 heavy (non-hydrogen) atoms. The van der Waals surface area contributed by atoms with Crippen molar-refractivity contribution in [1.82, 2.24) is 24.7 Å². The van der Waals surface area contributed by atoms with E-state index in [1.54, 1.807) is 10.9 Å². The summed E-state index contributed by atoms with van der Waals surface area (Å²) in [4.78, 5) is 15.8. The molecule has 3 aromatic heterocycles. The van der Waals surface area contributed by atoms with Crippen LogP contribution in [0.5, 0.6) is 0 Å². The maximum absolute atomic E-state index is 6.07. The normalized spacial score (nSPS) is 17.4. The second-order valence-corrected chi connectivity index (χ2v) is 6.56. The van der Waals surface area contributed by atoms with Crippen LogP contribution in [-0.2, 0) is 7.05 Å². The van der Waals surface area contributed by atoms with Gasteiger partial charge in [-0.25, -0.2) is 4.98 Å². The number of nitrogens with zero attached hydrogens (tertiary/aromatic N) is 6. The molecule has 0 bridgehead atoms. The minimum Gasteiger partial charge on any atom is -0.383 e. The first-order valence-corrected chi connectivity index (χ1v) is 8.48. The minimum atomic E-state index is 0.485. The third kappa shape index (κ3) is 3.07. The standard InChI is InChI=1S/C17H22N8/c1-11-4-3-5-14(21-11)19-8-12-6-7-25(10-12)17-22-15(18)13-9-20-24(2)16(13)23-17/h3-5,9,12H,6-8,10H2,1-2H3,(H,19,21)(H2,18,22,23). The van der Waals surface area contributed by atoms with E-state index in [9.17, 15) is 0 Å². The van der Waals surface area contributed by atoms with Crippen LogP contribution in [0, 0.1) is 12.8 Å². The molecule has 0 aromatic carbocycles. The molecule has 4 rings (SSSR count). The third-order valence-electron chi connectivity index (χ3n) is 4.64. The van der Waals surface area contributed by atoms with Gasteiger partial charge in [0.2, 0.25) is 5.95 Å². The van der Waals surface area contributed by atoms with Gasteiger partial charge in [-0.1, -0.05) is 6.07 Å². The molecule has 1 aliphatic heterocycles.